The van der Waals surface area contributed by atoms with Crippen LogP contribution in [0.15, 0.2) is 28.7 Å². The van der Waals surface area contributed by atoms with Gasteiger partial charge in [0, 0.05) is 11.0 Å². The van der Waals surface area contributed by atoms with Crippen LogP contribution in [-0.4, -0.2) is 25.1 Å². The average molecular weight is 344 g/mol. The second-order valence-corrected chi connectivity index (χ2v) is 4.94. The number of carbonyl (C=O) groups excluding carboxylic acids is 2. The Balaban J connectivity index is 2.19. The van der Waals surface area contributed by atoms with Crippen LogP contribution in [0.1, 0.15) is 19.8 Å². The van der Waals surface area contributed by atoms with E-state index in [2.05, 4.69) is 32.1 Å². The summed E-state index contributed by atoms with van der Waals surface area (Å²) in [6.07, 6.45) is 1.89. The lowest BCUT2D eigenvalue weighted by atomic mass is 10.3. The van der Waals surface area contributed by atoms with Crippen LogP contribution in [0, 0.1) is 0 Å². The molecule has 1 aromatic carbocycles. The lowest BCUT2D eigenvalue weighted by Crippen LogP contribution is -2.48. The van der Waals surface area contributed by atoms with Crippen LogP contribution in [-0.2, 0) is 4.79 Å². The van der Waals surface area contributed by atoms with Crippen molar-refractivity contribution in [2.75, 3.05) is 13.2 Å². The largest absolute Gasteiger partial charge is 0.484 e. The zero-order valence-electron chi connectivity index (χ0n) is 11.2. The molecule has 0 bridgehead atoms. The number of hydrogen-bond acceptors (Lipinski definition) is 3. The summed E-state index contributed by atoms with van der Waals surface area (Å²) in [5.41, 5.74) is 4.51. The van der Waals surface area contributed by atoms with E-state index in [1.807, 2.05) is 13.0 Å². The fraction of sp³-hybridized carbons (Fsp3) is 0.385. The number of amides is 3. The molecule has 0 heterocycles. The first-order chi connectivity index (χ1) is 9.61. The highest BCUT2D eigenvalue weighted by atomic mass is 79.9. The Kier molecular flexibility index (Phi) is 7.49. The molecule has 0 aliphatic carbocycles. The molecule has 0 aromatic heterocycles. The molecular formula is C13H18BrN3O3. The summed E-state index contributed by atoms with van der Waals surface area (Å²) >= 11 is 3.30. The number of rotatable bonds is 6. The van der Waals surface area contributed by atoms with Gasteiger partial charge in [-0.2, -0.15) is 0 Å². The normalized spacial score (nSPS) is 9.70. The van der Waals surface area contributed by atoms with E-state index in [1.54, 1.807) is 18.2 Å². The number of ether oxygens (including phenoxy) is 1. The number of benzene rings is 1. The average Bonchev–Trinajstić information content (AvgIpc) is 2.43. The molecule has 0 radical (unpaired) electrons. The van der Waals surface area contributed by atoms with Crippen molar-refractivity contribution in [1.82, 2.24) is 16.2 Å². The number of carbonyl (C=O) groups is 2. The van der Waals surface area contributed by atoms with Gasteiger partial charge in [-0.1, -0.05) is 35.3 Å². The van der Waals surface area contributed by atoms with Crippen molar-refractivity contribution >= 4 is 27.9 Å². The van der Waals surface area contributed by atoms with E-state index in [1.165, 1.54) is 0 Å². The number of unbranched alkanes of at least 4 members (excludes halogenated alkanes) is 1. The third-order valence-electron chi connectivity index (χ3n) is 2.30. The Hall–Kier alpha value is -1.76. The maximum Gasteiger partial charge on any atom is 0.333 e. The minimum atomic E-state index is -0.436. The van der Waals surface area contributed by atoms with Gasteiger partial charge >= 0.3 is 6.03 Å². The van der Waals surface area contributed by atoms with Gasteiger partial charge in [-0.3, -0.25) is 10.2 Å². The summed E-state index contributed by atoms with van der Waals surface area (Å²) < 4.78 is 6.13. The zero-order valence-corrected chi connectivity index (χ0v) is 12.8. The van der Waals surface area contributed by atoms with Crippen LogP contribution < -0.4 is 20.9 Å². The van der Waals surface area contributed by atoms with E-state index >= 15 is 0 Å². The molecule has 110 valence electrons. The molecule has 0 saturated heterocycles. The predicted octanol–water partition coefficient (Wildman–Crippen LogP) is 1.96. The molecular weight excluding hydrogens is 326 g/mol. The molecule has 0 atom stereocenters. The molecule has 0 spiro atoms. The van der Waals surface area contributed by atoms with E-state index in [0.717, 1.165) is 17.3 Å². The molecule has 3 N–H and O–H groups in total. The van der Waals surface area contributed by atoms with Crippen LogP contribution in [0.25, 0.3) is 0 Å². The molecule has 1 rings (SSSR count). The van der Waals surface area contributed by atoms with Crippen LogP contribution in [0.3, 0.4) is 0 Å². The number of halogens is 1. The highest BCUT2D eigenvalue weighted by Gasteiger charge is 2.05. The Labute approximate surface area is 126 Å². The lowest BCUT2D eigenvalue weighted by molar-refractivity contribution is -0.123. The Bertz CT molecular complexity index is 454. The third-order valence-corrected chi connectivity index (χ3v) is 2.79. The minimum absolute atomic E-state index is 0.175. The van der Waals surface area contributed by atoms with Gasteiger partial charge < -0.3 is 10.1 Å². The van der Waals surface area contributed by atoms with E-state index in [0.29, 0.717) is 12.3 Å². The molecule has 0 aliphatic heterocycles. The van der Waals surface area contributed by atoms with Crippen LogP contribution in [0.5, 0.6) is 5.75 Å². The van der Waals surface area contributed by atoms with Crippen molar-refractivity contribution in [2.24, 2.45) is 0 Å². The van der Waals surface area contributed by atoms with Gasteiger partial charge in [-0.15, -0.1) is 0 Å². The van der Waals surface area contributed by atoms with Crippen LogP contribution >= 0.6 is 15.9 Å². The van der Waals surface area contributed by atoms with E-state index < -0.39 is 11.9 Å². The molecule has 7 heteroatoms. The van der Waals surface area contributed by atoms with Gasteiger partial charge in [0.2, 0.25) is 0 Å². The van der Waals surface area contributed by atoms with Crippen LogP contribution in [0.4, 0.5) is 4.79 Å². The van der Waals surface area contributed by atoms with Gasteiger partial charge in [0.1, 0.15) is 5.75 Å². The number of hydrogen-bond donors (Lipinski definition) is 3. The predicted molar refractivity (Wildman–Crippen MR) is 79.2 cm³/mol. The Morgan fingerprint density at radius 3 is 2.80 bits per heavy atom. The maximum absolute atomic E-state index is 11.4. The summed E-state index contributed by atoms with van der Waals surface area (Å²) in [5, 5.41) is 2.61. The quantitative estimate of drug-likeness (QED) is 0.545. The molecule has 20 heavy (non-hydrogen) atoms. The van der Waals surface area contributed by atoms with Crippen molar-refractivity contribution in [3.63, 3.8) is 0 Å². The lowest BCUT2D eigenvalue weighted by Gasteiger charge is -2.09. The van der Waals surface area contributed by atoms with Gasteiger partial charge in [-0.25, -0.2) is 10.2 Å². The van der Waals surface area contributed by atoms with Gasteiger partial charge in [-0.05, 0) is 24.6 Å². The summed E-state index contributed by atoms with van der Waals surface area (Å²) in [5.74, 6) is 0.137. The number of nitrogens with one attached hydrogen (secondary N) is 3. The number of urea groups is 1. The first kappa shape index (κ1) is 16.3. The van der Waals surface area contributed by atoms with Crippen molar-refractivity contribution in [2.45, 2.75) is 19.8 Å². The highest BCUT2D eigenvalue weighted by molar-refractivity contribution is 9.10. The van der Waals surface area contributed by atoms with E-state index in [4.69, 9.17) is 4.74 Å². The highest BCUT2D eigenvalue weighted by Crippen LogP contribution is 2.17. The smallest absolute Gasteiger partial charge is 0.333 e. The molecule has 0 unspecified atom stereocenters. The van der Waals surface area contributed by atoms with Crippen LogP contribution in [0.2, 0.25) is 0 Å². The van der Waals surface area contributed by atoms with Gasteiger partial charge in [0.25, 0.3) is 5.91 Å². The van der Waals surface area contributed by atoms with E-state index in [-0.39, 0.29) is 6.61 Å². The molecule has 6 nitrogen and oxygen atoms in total. The molecule has 0 saturated carbocycles. The fourth-order valence-corrected chi connectivity index (χ4v) is 1.67. The van der Waals surface area contributed by atoms with Crippen molar-refractivity contribution in [3.8, 4) is 5.75 Å². The van der Waals surface area contributed by atoms with E-state index in [9.17, 15) is 9.59 Å². The van der Waals surface area contributed by atoms with Crippen molar-refractivity contribution in [1.29, 1.82) is 0 Å². The molecule has 0 fully saturated rings. The first-order valence-corrected chi connectivity index (χ1v) is 7.12. The minimum Gasteiger partial charge on any atom is -0.484 e. The topological polar surface area (TPSA) is 79.5 Å². The first-order valence-electron chi connectivity index (χ1n) is 6.33. The Morgan fingerprint density at radius 2 is 2.10 bits per heavy atom. The summed E-state index contributed by atoms with van der Waals surface area (Å²) in [6, 6.07) is 6.71. The molecule has 3 amide bonds. The van der Waals surface area contributed by atoms with Crippen molar-refractivity contribution < 1.29 is 14.3 Å². The van der Waals surface area contributed by atoms with Gasteiger partial charge in [0.05, 0.1) is 0 Å². The standard InChI is InChI=1S/C13H18BrN3O3/c1-2-3-7-15-13(19)17-16-12(18)9-20-11-6-4-5-10(14)8-11/h4-6,8H,2-3,7,9H2,1H3,(H,16,18)(H2,15,17,19). The number of hydrazine groups is 1. The maximum atomic E-state index is 11.4. The summed E-state index contributed by atoms with van der Waals surface area (Å²) in [7, 11) is 0. The second-order valence-electron chi connectivity index (χ2n) is 4.03. The summed E-state index contributed by atoms with van der Waals surface area (Å²) in [4.78, 5) is 22.7. The second kappa shape index (κ2) is 9.19. The molecule has 1 aromatic rings. The summed E-state index contributed by atoms with van der Waals surface area (Å²) in [6.45, 7) is 2.43. The van der Waals surface area contributed by atoms with Crippen molar-refractivity contribution in [3.05, 3.63) is 28.7 Å². The third kappa shape index (κ3) is 6.98. The fourth-order valence-electron chi connectivity index (χ4n) is 1.29. The Morgan fingerprint density at radius 1 is 1.30 bits per heavy atom. The zero-order chi connectivity index (χ0) is 14.8. The monoisotopic (exact) mass is 343 g/mol. The SMILES string of the molecule is CCCCNC(=O)NNC(=O)COc1cccc(Br)c1. The van der Waals surface area contributed by atoms with Gasteiger partial charge in [0.15, 0.2) is 6.61 Å². The molecule has 0 aliphatic rings.